The van der Waals surface area contributed by atoms with Gasteiger partial charge in [-0.15, -0.1) is 9.79 Å². The molecule has 0 aliphatic carbocycles. The van der Waals surface area contributed by atoms with Crippen LogP contribution in [0.5, 0.6) is 0 Å². The number of imidazole rings is 1. The van der Waals surface area contributed by atoms with Crippen molar-refractivity contribution in [3.05, 3.63) is 36.3 Å². The van der Waals surface area contributed by atoms with Crippen molar-refractivity contribution in [2.24, 2.45) is 0 Å². The van der Waals surface area contributed by atoms with Crippen molar-refractivity contribution in [1.29, 1.82) is 0 Å². The van der Waals surface area contributed by atoms with Gasteiger partial charge in [-0.05, 0) is 21.2 Å². The number of rotatable bonds is 6. The highest BCUT2D eigenvalue weighted by Crippen LogP contribution is 2.34. The summed E-state index contributed by atoms with van der Waals surface area (Å²) in [6, 6.07) is 5.15. The summed E-state index contributed by atoms with van der Waals surface area (Å²) in [7, 11) is -6.48. The molecule has 0 spiro atoms. The van der Waals surface area contributed by atoms with Crippen LogP contribution in [0, 0.1) is 0 Å². The Hall–Kier alpha value is -1.43. The van der Waals surface area contributed by atoms with Crippen molar-refractivity contribution in [2.45, 2.75) is 12.4 Å². The number of aliphatic hydroxyl groups is 1. The van der Waals surface area contributed by atoms with Crippen molar-refractivity contribution >= 4 is 22.2 Å². The first-order valence-electron chi connectivity index (χ1n) is 5.23. The lowest BCUT2D eigenvalue weighted by Gasteiger charge is -2.13. The Balaban J connectivity index is 0. The summed E-state index contributed by atoms with van der Waals surface area (Å²) in [5, 5.41) is 9.91. The third-order valence-corrected chi connectivity index (χ3v) is 3.22. The number of hydrogen-bond donors (Lipinski definition) is 3. The van der Waals surface area contributed by atoms with Crippen molar-refractivity contribution < 1.29 is 49.5 Å². The standard InChI is InChI=1S/C9H8N2O7P2.3H2O/c12-9(17-19(13)14,18-20(15)16)5-7-6-10-8-3-1-2-4-11(7)8;;;/h1-4,6,12H,5H2;3*1H2/p+2. The van der Waals surface area contributed by atoms with Crippen LogP contribution in [0.1, 0.15) is 5.69 Å². The van der Waals surface area contributed by atoms with Crippen molar-refractivity contribution in [2.75, 3.05) is 0 Å². The molecule has 14 heteroatoms. The zero-order valence-electron chi connectivity index (χ0n) is 11.4. The number of pyridine rings is 1. The Bertz CT molecular complexity index is 647. The van der Waals surface area contributed by atoms with E-state index in [0.717, 1.165) is 0 Å². The highest BCUT2D eigenvalue weighted by molar-refractivity contribution is 7.33. The van der Waals surface area contributed by atoms with Crippen LogP contribution in [-0.2, 0) is 24.6 Å². The van der Waals surface area contributed by atoms with Gasteiger partial charge in [-0.25, -0.2) is 4.98 Å². The van der Waals surface area contributed by atoms with Crippen LogP contribution in [-0.4, -0.2) is 46.7 Å². The molecule has 12 nitrogen and oxygen atoms in total. The maximum absolute atomic E-state index is 10.7. The second-order valence-corrected chi connectivity index (χ2v) is 5.04. The van der Waals surface area contributed by atoms with Gasteiger partial charge in [0.15, 0.2) is 0 Å². The lowest BCUT2D eigenvalue weighted by atomic mass is 10.3. The third kappa shape index (κ3) is 6.29. The topological polar surface area (TPSA) is 225 Å². The van der Waals surface area contributed by atoms with Crippen molar-refractivity contribution in [1.82, 2.24) is 9.38 Å². The van der Waals surface area contributed by atoms with Gasteiger partial charge in [0.1, 0.15) is 5.65 Å². The van der Waals surface area contributed by atoms with Crippen LogP contribution in [0.25, 0.3) is 5.65 Å². The number of hydrogen-bond acceptors (Lipinski definition) is 6. The van der Waals surface area contributed by atoms with Gasteiger partial charge >= 0.3 is 22.5 Å². The van der Waals surface area contributed by atoms with Gasteiger partial charge in [0, 0.05) is 21.5 Å². The molecule has 23 heavy (non-hydrogen) atoms. The van der Waals surface area contributed by atoms with E-state index in [1.54, 1.807) is 28.8 Å². The average Bonchev–Trinajstić information content (AvgIpc) is 2.70. The molecule has 2 aromatic rings. The number of nitrogens with zero attached hydrogens (tertiary/aromatic N) is 2. The Morgan fingerprint density at radius 3 is 2.22 bits per heavy atom. The Labute approximate surface area is 130 Å². The maximum Gasteiger partial charge on any atom is 0.700 e. The van der Waals surface area contributed by atoms with E-state index in [-0.39, 0.29) is 16.4 Å². The second kappa shape index (κ2) is 9.65. The summed E-state index contributed by atoms with van der Waals surface area (Å²) in [6.07, 6.45) is 2.54. The molecule has 2 rings (SSSR count). The SMILES string of the molecule is O.O.O.O=[P+](O)OC(O)(Cc1cnc2ccccn12)O[P+](=O)O. The van der Waals surface area contributed by atoms with Crippen molar-refractivity contribution in [3.63, 3.8) is 0 Å². The van der Waals surface area contributed by atoms with E-state index < -0.39 is 28.9 Å². The zero-order chi connectivity index (χ0) is 14.8. The van der Waals surface area contributed by atoms with Gasteiger partial charge in [0.2, 0.25) is 0 Å². The molecule has 2 aromatic heterocycles. The zero-order valence-corrected chi connectivity index (χ0v) is 13.1. The van der Waals surface area contributed by atoms with Crippen LogP contribution >= 0.6 is 16.5 Å². The fourth-order valence-electron chi connectivity index (χ4n) is 1.67. The van der Waals surface area contributed by atoms with E-state index >= 15 is 0 Å². The summed E-state index contributed by atoms with van der Waals surface area (Å²) in [6.45, 7) is 0. The fraction of sp³-hybridized carbons (Fsp3) is 0.222. The molecule has 2 heterocycles. The summed E-state index contributed by atoms with van der Waals surface area (Å²) < 4.78 is 31.5. The maximum atomic E-state index is 10.7. The molecule has 0 aliphatic heterocycles. The quantitative estimate of drug-likeness (QED) is 0.392. The van der Waals surface area contributed by atoms with Gasteiger partial charge in [-0.3, -0.25) is 0 Å². The van der Waals surface area contributed by atoms with E-state index in [4.69, 9.17) is 9.79 Å². The summed E-state index contributed by atoms with van der Waals surface area (Å²) in [5.41, 5.74) is 0.920. The predicted molar refractivity (Wildman–Crippen MR) is 76.5 cm³/mol. The van der Waals surface area contributed by atoms with E-state index in [1.165, 1.54) is 6.20 Å². The third-order valence-electron chi connectivity index (χ3n) is 2.34. The largest absolute Gasteiger partial charge is 0.700 e. The lowest BCUT2D eigenvalue weighted by molar-refractivity contribution is -0.272. The summed E-state index contributed by atoms with van der Waals surface area (Å²) >= 11 is 0. The minimum Gasteiger partial charge on any atom is -0.412 e. The minimum atomic E-state index is -3.24. The van der Waals surface area contributed by atoms with Gasteiger partial charge in [-0.2, -0.15) is 0 Å². The van der Waals surface area contributed by atoms with Crippen molar-refractivity contribution in [3.8, 4) is 0 Å². The van der Waals surface area contributed by atoms with Crippen LogP contribution < -0.4 is 0 Å². The van der Waals surface area contributed by atoms with E-state index in [9.17, 15) is 14.2 Å². The number of fused-ring (bicyclic) bond motifs is 1. The molecule has 0 saturated heterocycles. The highest BCUT2D eigenvalue weighted by Gasteiger charge is 2.48. The Morgan fingerprint density at radius 2 is 1.70 bits per heavy atom. The first kappa shape index (κ1) is 23.8. The normalized spacial score (nSPS) is 13.9. The molecule has 0 radical (unpaired) electrons. The molecule has 9 N–H and O–H groups in total. The molecular weight excluding hydrogens is 358 g/mol. The van der Waals surface area contributed by atoms with Crippen LogP contribution in [0.15, 0.2) is 30.6 Å². The second-order valence-electron chi connectivity index (χ2n) is 3.73. The van der Waals surface area contributed by atoms with Gasteiger partial charge < -0.3 is 25.9 Å². The molecule has 0 aromatic carbocycles. The summed E-state index contributed by atoms with van der Waals surface area (Å²) in [5.74, 6) is -2.71. The van der Waals surface area contributed by atoms with E-state index in [0.29, 0.717) is 11.3 Å². The molecule has 2 atom stereocenters. The summed E-state index contributed by atoms with van der Waals surface area (Å²) in [4.78, 5) is 21.4. The molecule has 0 saturated carbocycles. The molecule has 0 bridgehead atoms. The lowest BCUT2D eigenvalue weighted by Crippen LogP contribution is -2.34. The smallest absolute Gasteiger partial charge is 0.412 e. The highest BCUT2D eigenvalue weighted by atomic mass is 31.1. The molecule has 0 fully saturated rings. The first-order valence-corrected chi connectivity index (χ1v) is 7.49. The minimum absolute atomic E-state index is 0. The monoisotopic (exact) mass is 374 g/mol. The molecule has 0 aliphatic rings. The Kier molecular flexibility index (Phi) is 10.0. The van der Waals surface area contributed by atoms with E-state index in [1.807, 2.05) is 0 Å². The van der Waals surface area contributed by atoms with Gasteiger partial charge in [0.05, 0.1) is 12.1 Å². The van der Waals surface area contributed by atoms with Gasteiger partial charge in [0.25, 0.3) is 0 Å². The molecular formula is C9H16N2O10P2+2. The molecule has 130 valence electrons. The fourth-order valence-corrected chi connectivity index (χ4v) is 2.42. The first-order chi connectivity index (χ1) is 9.39. The van der Waals surface area contributed by atoms with E-state index in [2.05, 4.69) is 14.0 Å². The van der Waals surface area contributed by atoms with Crippen LogP contribution in [0.3, 0.4) is 0 Å². The Morgan fingerprint density at radius 1 is 1.13 bits per heavy atom. The molecule has 0 amide bonds. The predicted octanol–water partition coefficient (Wildman–Crippen LogP) is -1.62. The molecule has 2 unspecified atom stereocenters. The number of aromatic nitrogens is 2. The van der Waals surface area contributed by atoms with Crippen LogP contribution in [0.4, 0.5) is 0 Å². The average molecular weight is 374 g/mol. The van der Waals surface area contributed by atoms with Gasteiger partial charge in [-0.1, -0.05) is 6.07 Å². The van der Waals surface area contributed by atoms with Crippen LogP contribution in [0.2, 0.25) is 0 Å².